The van der Waals surface area contributed by atoms with Crippen LogP contribution in [0.3, 0.4) is 0 Å². The van der Waals surface area contributed by atoms with Gasteiger partial charge in [0.25, 0.3) is 0 Å². The third-order valence-corrected chi connectivity index (χ3v) is 4.64. The van der Waals surface area contributed by atoms with Crippen LogP contribution in [0.4, 0.5) is 0 Å². The maximum atomic E-state index is 6.44. The summed E-state index contributed by atoms with van der Waals surface area (Å²) < 4.78 is 2.11. The standard InChI is InChI=1S/C15H27ClN4/c1-5-17-12-6-7-15(2,10-12)14-13(16)11-18-20(14)9-8-19(3)4/h11-12,17H,5-10H2,1-4H3. The zero-order chi connectivity index (χ0) is 14.8. The maximum Gasteiger partial charge on any atom is 0.0823 e. The van der Waals surface area contributed by atoms with Crippen LogP contribution in [-0.2, 0) is 12.0 Å². The van der Waals surface area contributed by atoms with Crippen LogP contribution in [0.25, 0.3) is 0 Å². The molecule has 0 aliphatic heterocycles. The van der Waals surface area contributed by atoms with Gasteiger partial charge in [-0.25, -0.2) is 0 Å². The smallest absolute Gasteiger partial charge is 0.0823 e. The Labute approximate surface area is 127 Å². The first-order valence-corrected chi connectivity index (χ1v) is 7.94. The van der Waals surface area contributed by atoms with Crippen LogP contribution in [0, 0.1) is 0 Å². The van der Waals surface area contributed by atoms with Crippen molar-refractivity contribution in [2.45, 2.75) is 51.1 Å². The highest BCUT2D eigenvalue weighted by molar-refractivity contribution is 6.31. The second kappa shape index (κ2) is 6.46. The van der Waals surface area contributed by atoms with Gasteiger partial charge < -0.3 is 10.2 Å². The highest BCUT2D eigenvalue weighted by atomic mass is 35.5. The number of rotatable bonds is 6. The van der Waals surface area contributed by atoms with Crippen LogP contribution in [0.5, 0.6) is 0 Å². The Balaban J connectivity index is 2.17. The maximum absolute atomic E-state index is 6.44. The molecule has 1 heterocycles. The second-order valence-electron chi connectivity index (χ2n) is 6.43. The minimum Gasteiger partial charge on any atom is -0.314 e. The Morgan fingerprint density at radius 3 is 2.95 bits per heavy atom. The molecule has 1 aromatic heterocycles. The molecule has 1 fully saturated rings. The fourth-order valence-corrected chi connectivity index (χ4v) is 3.71. The third-order valence-electron chi connectivity index (χ3n) is 4.36. The van der Waals surface area contributed by atoms with Gasteiger partial charge in [-0.05, 0) is 39.9 Å². The van der Waals surface area contributed by atoms with Gasteiger partial charge in [0, 0.05) is 18.0 Å². The third kappa shape index (κ3) is 3.35. The summed E-state index contributed by atoms with van der Waals surface area (Å²) in [5.41, 5.74) is 1.37. The topological polar surface area (TPSA) is 33.1 Å². The lowest BCUT2D eigenvalue weighted by Gasteiger charge is -2.27. The van der Waals surface area contributed by atoms with Gasteiger partial charge >= 0.3 is 0 Å². The first-order chi connectivity index (χ1) is 9.46. The van der Waals surface area contributed by atoms with E-state index in [4.69, 9.17) is 11.6 Å². The largest absolute Gasteiger partial charge is 0.314 e. The predicted molar refractivity (Wildman–Crippen MR) is 84.5 cm³/mol. The van der Waals surface area contributed by atoms with Gasteiger partial charge in [0.1, 0.15) is 0 Å². The van der Waals surface area contributed by atoms with E-state index in [-0.39, 0.29) is 5.41 Å². The molecule has 0 saturated heterocycles. The molecule has 5 heteroatoms. The summed E-state index contributed by atoms with van der Waals surface area (Å²) in [4.78, 5) is 2.18. The van der Waals surface area contributed by atoms with Crippen molar-refractivity contribution in [2.75, 3.05) is 27.2 Å². The van der Waals surface area contributed by atoms with Gasteiger partial charge in [-0.3, -0.25) is 4.68 Å². The molecule has 0 spiro atoms. The molecule has 0 radical (unpaired) electrons. The van der Waals surface area contributed by atoms with E-state index in [9.17, 15) is 0 Å². The summed E-state index contributed by atoms with van der Waals surface area (Å²) in [6, 6.07) is 0.610. The summed E-state index contributed by atoms with van der Waals surface area (Å²) in [5, 5.41) is 8.88. The van der Waals surface area contributed by atoms with Crippen molar-refractivity contribution in [2.24, 2.45) is 0 Å². The minimum absolute atomic E-state index is 0.146. The van der Waals surface area contributed by atoms with Crippen LogP contribution in [-0.4, -0.2) is 47.9 Å². The fraction of sp³-hybridized carbons (Fsp3) is 0.800. The molecule has 114 valence electrons. The van der Waals surface area contributed by atoms with Gasteiger partial charge in [0.15, 0.2) is 0 Å². The van der Waals surface area contributed by atoms with Crippen molar-refractivity contribution in [3.05, 3.63) is 16.9 Å². The van der Waals surface area contributed by atoms with Crippen molar-refractivity contribution < 1.29 is 0 Å². The normalized spacial score (nSPS) is 26.6. The first-order valence-electron chi connectivity index (χ1n) is 7.56. The van der Waals surface area contributed by atoms with Gasteiger partial charge in [-0.1, -0.05) is 25.4 Å². The van der Waals surface area contributed by atoms with Crippen molar-refractivity contribution >= 4 is 11.6 Å². The van der Waals surface area contributed by atoms with Crippen LogP contribution >= 0.6 is 11.6 Å². The summed E-state index contributed by atoms with van der Waals surface area (Å²) in [5.74, 6) is 0. The monoisotopic (exact) mass is 298 g/mol. The zero-order valence-electron chi connectivity index (χ0n) is 13.1. The molecule has 0 amide bonds. The Hall–Kier alpha value is -0.580. The molecular weight excluding hydrogens is 272 g/mol. The van der Waals surface area contributed by atoms with E-state index < -0.39 is 0 Å². The predicted octanol–water partition coefficient (Wildman–Crippen LogP) is 2.52. The Morgan fingerprint density at radius 1 is 1.55 bits per heavy atom. The van der Waals surface area contributed by atoms with Crippen molar-refractivity contribution in [1.82, 2.24) is 20.0 Å². The molecular formula is C15H27ClN4. The SMILES string of the molecule is CCNC1CCC(C)(c2c(Cl)cnn2CCN(C)C)C1. The van der Waals surface area contributed by atoms with Gasteiger partial charge in [-0.2, -0.15) is 5.10 Å². The number of halogens is 1. The van der Waals surface area contributed by atoms with E-state index in [1.54, 1.807) is 6.20 Å². The first kappa shape index (κ1) is 15.8. The van der Waals surface area contributed by atoms with Gasteiger partial charge in [0.2, 0.25) is 0 Å². The summed E-state index contributed by atoms with van der Waals surface area (Å²) in [6.45, 7) is 7.42. The van der Waals surface area contributed by atoms with E-state index in [2.05, 4.69) is 47.9 Å². The molecule has 4 nitrogen and oxygen atoms in total. The lowest BCUT2D eigenvalue weighted by atomic mass is 9.84. The quantitative estimate of drug-likeness (QED) is 0.876. The lowest BCUT2D eigenvalue weighted by molar-refractivity contribution is 0.350. The number of aromatic nitrogens is 2. The number of hydrogen-bond donors (Lipinski definition) is 1. The van der Waals surface area contributed by atoms with Crippen molar-refractivity contribution in [3.63, 3.8) is 0 Å². The van der Waals surface area contributed by atoms with E-state index in [0.717, 1.165) is 31.1 Å². The molecule has 0 bridgehead atoms. The number of hydrogen-bond acceptors (Lipinski definition) is 3. The molecule has 2 rings (SSSR count). The van der Waals surface area contributed by atoms with Crippen molar-refractivity contribution in [3.8, 4) is 0 Å². The molecule has 20 heavy (non-hydrogen) atoms. The highest BCUT2D eigenvalue weighted by Gasteiger charge is 2.40. The Bertz CT molecular complexity index is 443. The van der Waals surface area contributed by atoms with E-state index >= 15 is 0 Å². The van der Waals surface area contributed by atoms with Crippen LogP contribution < -0.4 is 5.32 Å². The Kier molecular flexibility index (Phi) is 5.10. The number of likely N-dealkylation sites (N-methyl/N-ethyl adjacent to an activating group) is 1. The Morgan fingerprint density at radius 2 is 2.30 bits per heavy atom. The average Bonchev–Trinajstić information content (AvgIpc) is 2.92. The van der Waals surface area contributed by atoms with Crippen LogP contribution in [0.1, 0.15) is 38.8 Å². The van der Waals surface area contributed by atoms with Crippen LogP contribution in [0.15, 0.2) is 6.20 Å². The molecule has 1 aliphatic carbocycles. The lowest BCUT2D eigenvalue weighted by Crippen LogP contribution is -2.31. The number of nitrogens with one attached hydrogen (secondary N) is 1. The fourth-order valence-electron chi connectivity index (χ4n) is 3.35. The molecule has 2 atom stereocenters. The molecule has 1 aliphatic rings. The molecule has 1 saturated carbocycles. The second-order valence-corrected chi connectivity index (χ2v) is 6.83. The van der Waals surface area contributed by atoms with Gasteiger partial charge in [0.05, 0.1) is 23.5 Å². The van der Waals surface area contributed by atoms with E-state index in [0.29, 0.717) is 6.04 Å². The van der Waals surface area contributed by atoms with Crippen molar-refractivity contribution in [1.29, 1.82) is 0 Å². The molecule has 0 aromatic carbocycles. The highest BCUT2D eigenvalue weighted by Crippen LogP contribution is 2.43. The number of nitrogens with zero attached hydrogens (tertiary/aromatic N) is 3. The van der Waals surface area contributed by atoms with Crippen LogP contribution in [0.2, 0.25) is 5.02 Å². The average molecular weight is 299 g/mol. The van der Waals surface area contributed by atoms with Gasteiger partial charge in [-0.15, -0.1) is 0 Å². The summed E-state index contributed by atoms with van der Waals surface area (Å²) in [6.07, 6.45) is 5.35. The minimum atomic E-state index is 0.146. The summed E-state index contributed by atoms with van der Waals surface area (Å²) >= 11 is 6.44. The van der Waals surface area contributed by atoms with E-state index in [1.807, 2.05) is 0 Å². The molecule has 1 aromatic rings. The molecule has 2 unspecified atom stereocenters. The van der Waals surface area contributed by atoms with E-state index in [1.165, 1.54) is 18.5 Å². The zero-order valence-corrected chi connectivity index (χ0v) is 13.9. The molecule has 1 N–H and O–H groups in total. The summed E-state index contributed by atoms with van der Waals surface area (Å²) in [7, 11) is 4.17.